The van der Waals surface area contributed by atoms with Gasteiger partial charge in [-0.25, -0.2) is 4.98 Å². The van der Waals surface area contributed by atoms with Crippen LogP contribution in [0.1, 0.15) is 43.4 Å². The summed E-state index contributed by atoms with van der Waals surface area (Å²) in [6.07, 6.45) is 5.61. The van der Waals surface area contributed by atoms with Crippen molar-refractivity contribution in [1.29, 1.82) is 0 Å². The van der Waals surface area contributed by atoms with Crippen LogP contribution in [0, 0.1) is 12.8 Å². The van der Waals surface area contributed by atoms with E-state index in [1.54, 1.807) is 6.07 Å². The molecule has 2 atom stereocenters. The first-order valence-corrected chi connectivity index (χ1v) is 10.8. The van der Waals surface area contributed by atoms with Gasteiger partial charge < -0.3 is 20.1 Å². The van der Waals surface area contributed by atoms with Gasteiger partial charge in [0.15, 0.2) is 0 Å². The Kier molecular flexibility index (Phi) is 4.92. The van der Waals surface area contributed by atoms with Gasteiger partial charge in [-0.2, -0.15) is 0 Å². The molecule has 1 saturated carbocycles. The van der Waals surface area contributed by atoms with Crippen molar-refractivity contribution in [3.8, 4) is 22.8 Å². The molecule has 2 aromatic rings. The molecule has 2 fully saturated rings. The molecule has 1 amide bonds. The van der Waals surface area contributed by atoms with Gasteiger partial charge in [0.1, 0.15) is 17.2 Å². The van der Waals surface area contributed by atoms with Crippen LogP contribution in [0.15, 0.2) is 12.1 Å². The second kappa shape index (κ2) is 7.74. The first-order chi connectivity index (χ1) is 14.6. The molecule has 1 aliphatic carbocycles. The zero-order valence-electron chi connectivity index (χ0n) is 17.2. The summed E-state index contributed by atoms with van der Waals surface area (Å²) in [6.45, 7) is 4.27. The number of anilines is 1. The summed E-state index contributed by atoms with van der Waals surface area (Å²) in [6, 6.07) is 3.84. The van der Waals surface area contributed by atoms with Crippen LogP contribution >= 0.6 is 0 Å². The molecule has 30 heavy (non-hydrogen) atoms. The first-order valence-electron chi connectivity index (χ1n) is 10.8. The molecule has 158 valence electrons. The molecule has 1 saturated heterocycles. The lowest BCUT2D eigenvalue weighted by Crippen LogP contribution is -2.47. The molecular formula is C22H27N5O3. The fraction of sp³-hybridized carbons (Fsp3) is 0.545. The summed E-state index contributed by atoms with van der Waals surface area (Å²) in [5.41, 5.74) is 2.71. The second-order valence-electron chi connectivity index (χ2n) is 8.49. The van der Waals surface area contributed by atoms with E-state index in [-0.39, 0.29) is 17.7 Å². The average Bonchev–Trinajstić information content (AvgIpc) is 3.18. The van der Waals surface area contributed by atoms with E-state index in [0.29, 0.717) is 41.8 Å². The number of carbonyl (C=O) groups is 1. The molecule has 2 aliphatic heterocycles. The van der Waals surface area contributed by atoms with E-state index in [1.807, 2.05) is 17.9 Å². The number of phenolic OH excluding ortho intramolecular Hbond substituents is 1. The molecule has 0 bridgehead atoms. The van der Waals surface area contributed by atoms with Crippen molar-refractivity contribution in [2.75, 3.05) is 25.0 Å². The number of ether oxygens (including phenoxy) is 1. The van der Waals surface area contributed by atoms with Crippen molar-refractivity contribution in [2.45, 2.75) is 51.5 Å². The number of hydrogen-bond donors (Lipinski definition) is 2. The molecule has 1 aromatic carbocycles. The molecule has 2 N–H and O–H groups in total. The summed E-state index contributed by atoms with van der Waals surface area (Å²) in [5.74, 6) is 1.80. The Balaban J connectivity index is 1.30. The number of amides is 1. The van der Waals surface area contributed by atoms with Crippen molar-refractivity contribution in [3.63, 3.8) is 0 Å². The number of fused-ring (bicyclic) bond motifs is 1. The Hall–Kier alpha value is -2.90. The van der Waals surface area contributed by atoms with Crippen LogP contribution in [0.2, 0.25) is 0 Å². The minimum atomic E-state index is 0.0930. The highest BCUT2D eigenvalue weighted by molar-refractivity contribution is 5.79. The number of benzene rings is 1. The minimum absolute atomic E-state index is 0.0930. The van der Waals surface area contributed by atoms with Crippen LogP contribution in [0.25, 0.3) is 11.3 Å². The lowest BCUT2D eigenvalue weighted by Gasteiger charge is -2.37. The van der Waals surface area contributed by atoms with E-state index in [1.165, 1.54) is 0 Å². The van der Waals surface area contributed by atoms with Crippen molar-refractivity contribution in [1.82, 2.24) is 20.1 Å². The summed E-state index contributed by atoms with van der Waals surface area (Å²) in [7, 11) is 0. The Labute approximate surface area is 175 Å². The number of carbonyl (C=O) groups excluding carboxylic acids is 1. The van der Waals surface area contributed by atoms with Crippen LogP contribution in [-0.4, -0.2) is 56.8 Å². The topological polar surface area (TPSA) is 100 Å². The summed E-state index contributed by atoms with van der Waals surface area (Å²) >= 11 is 0. The third kappa shape index (κ3) is 3.44. The zero-order chi connectivity index (χ0) is 20.7. The molecule has 0 radical (unpaired) electrons. The number of phenols is 1. The SMILES string of the molecule is Cc1nc(N[C@@H]2CCC[C@@H](C(=O)N3CCC3)C2)nnc1-c1ccc2c(c1O)CCO2. The Morgan fingerprint density at radius 2 is 2.10 bits per heavy atom. The maximum Gasteiger partial charge on any atom is 0.243 e. The fourth-order valence-electron chi connectivity index (χ4n) is 4.69. The largest absolute Gasteiger partial charge is 0.507 e. The number of likely N-dealkylation sites (tertiary alicyclic amines) is 1. The molecule has 0 unspecified atom stereocenters. The zero-order valence-corrected chi connectivity index (χ0v) is 17.2. The standard InChI is InChI=1S/C22H27N5O3/c1-13-19(17-6-7-18-16(20(17)28)8-11-30-18)25-26-22(23-13)24-15-5-2-4-14(12-15)21(29)27-9-3-10-27/h6-7,14-15,28H,2-5,8-12H2,1H3,(H,23,24,26)/t14-,15-/m1/s1. The smallest absolute Gasteiger partial charge is 0.243 e. The van der Waals surface area contributed by atoms with E-state index < -0.39 is 0 Å². The highest BCUT2D eigenvalue weighted by atomic mass is 16.5. The van der Waals surface area contributed by atoms with Crippen molar-refractivity contribution >= 4 is 11.9 Å². The number of aryl methyl sites for hydroxylation is 1. The number of nitrogens with one attached hydrogen (secondary N) is 1. The van der Waals surface area contributed by atoms with Crippen LogP contribution in [0.3, 0.4) is 0 Å². The molecule has 0 spiro atoms. The molecular weight excluding hydrogens is 382 g/mol. The van der Waals surface area contributed by atoms with Crippen LogP contribution in [0.5, 0.6) is 11.5 Å². The monoisotopic (exact) mass is 409 g/mol. The van der Waals surface area contributed by atoms with E-state index in [0.717, 1.165) is 56.5 Å². The third-order valence-corrected chi connectivity index (χ3v) is 6.49. The number of nitrogens with zero attached hydrogens (tertiary/aromatic N) is 4. The lowest BCUT2D eigenvalue weighted by atomic mass is 9.84. The number of aromatic hydroxyl groups is 1. The van der Waals surface area contributed by atoms with E-state index in [9.17, 15) is 9.90 Å². The van der Waals surface area contributed by atoms with E-state index in [4.69, 9.17) is 4.74 Å². The number of aromatic nitrogens is 3. The van der Waals surface area contributed by atoms with Gasteiger partial charge in [0.2, 0.25) is 11.9 Å². The lowest BCUT2D eigenvalue weighted by molar-refractivity contribution is -0.140. The maximum absolute atomic E-state index is 12.6. The average molecular weight is 409 g/mol. The van der Waals surface area contributed by atoms with Crippen molar-refractivity contribution in [3.05, 3.63) is 23.4 Å². The number of rotatable bonds is 4. The second-order valence-corrected chi connectivity index (χ2v) is 8.49. The predicted molar refractivity (Wildman–Crippen MR) is 111 cm³/mol. The molecule has 8 heteroatoms. The summed E-state index contributed by atoms with van der Waals surface area (Å²) in [4.78, 5) is 19.1. The normalized spacial score (nSPS) is 22.8. The van der Waals surface area contributed by atoms with E-state index >= 15 is 0 Å². The molecule has 3 heterocycles. The fourth-order valence-corrected chi connectivity index (χ4v) is 4.69. The maximum atomic E-state index is 12.6. The van der Waals surface area contributed by atoms with Gasteiger partial charge in [0.25, 0.3) is 0 Å². The van der Waals surface area contributed by atoms with E-state index in [2.05, 4.69) is 20.5 Å². The first kappa shape index (κ1) is 19.1. The Morgan fingerprint density at radius 3 is 2.87 bits per heavy atom. The van der Waals surface area contributed by atoms with Gasteiger partial charge in [0, 0.05) is 42.6 Å². The van der Waals surface area contributed by atoms with Gasteiger partial charge in [-0.1, -0.05) is 6.42 Å². The van der Waals surface area contributed by atoms with Gasteiger partial charge >= 0.3 is 0 Å². The van der Waals surface area contributed by atoms with Gasteiger partial charge in [0.05, 0.1) is 12.3 Å². The van der Waals surface area contributed by atoms with Crippen LogP contribution < -0.4 is 10.1 Å². The van der Waals surface area contributed by atoms with Gasteiger partial charge in [-0.05, 0) is 44.7 Å². The molecule has 5 rings (SSSR count). The van der Waals surface area contributed by atoms with Gasteiger partial charge in [-0.3, -0.25) is 4.79 Å². The summed E-state index contributed by atoms with van der Waals surface area (Å²) < 4.78 is 5.51. The highest BCUT2D eigenvalue weighted by Crippen LogP contribution is 2.40. The Bertz CT molecular complexity index is 975. The highest BCUT2D eigenvalue weighted by Gasteiger charge is 2.32. The van der Waals surface area contributed by atoms with Crippen molar-refractivity contribution in [2.24, 2.45) is 5.92 Å². The van der Waals surface area contributed by atoms with Gasteiger partial charge in [-0.15, -0.1) is 10.2 Å². The third-order valence-electron chi connectivity index (χ3n) is 6.49. The van der Waals surface area contributed by atoms with Crippen molar-refractivity contribution < 1.29 is 14.6 Å². The van der Waals surface area contributed by atoms with Crippen LogP contribution in [0.4, 0.5) is 5.95 Å². The minimum Gasteiger partial charge on any atom is -0.507 e. The summed E-state index contributed by atoms with van der Waals surface area (Å²) in [5, 5.41) is 22.6. The molecule has 1 aromatic heterocycles. The molecule has 8 nitrogen and oxygen atoms in total. The quantitative estimate of drug-likeness (QED) is 0.801. The number of hydrogen-bond acceptors (Lipinski definition) is 7. The Morgan fingerprint density at radius 1 is 1.23 bits per heavy atom. The molecule has 3 aliphatic rings. The van der Waals surface area contributed by atoms with Crippen LogP contribution in [-0.2, 0) is 11.2 Å². The predicted octanol–water partition coefficient (Wildman–Crippen LogP) is 2.69.